The van der Waals surface area contributed by atoms with Crippen LogP contribution < -0.4 is 16.2 Å². The highest BCUT2D eigenvalue weighted by Crippen LogP contribution is 2.22. The van der Waals surface area contributed by atoms with E-state index in [4.69, 9.17) is 0 Å². The highest BCUT2D eigenvalue weighted by Gasteiger charge is 2.27. The maximum Gasteiger partial charge on any atom is 0.272 e. The van der Waals surface area contributed by atoms with E-state index >= 15 is 0 Å². The molecular weight excluding hydrogens is 332 g/mol. The van der Waals surface area contributed by atoms with Gasteiger partial charge < -0.3 is 10.6 Å². The van der Waals surface area contributed by atoms with Crippen LogP contribution in [0.1, 0.15) is 11.3 Å². The molecule has 7 nitrogen and oxygen atoms in total. The van der Waals surface area contributed by atoms with Crippen LogP contribution in [0.2, 0.25) is 0 Å². The van der Waals surface area contributed by atoms with Crippen LogP contribution >= 0.6 is 0 Å². The Kier molecular flexibility index (Phi) is 3.96. The van der Waals surface area contributed by atoms with Gasteiger partial charge in [0.15, 0.2) is 0 Å². The second-order valence-electron chi connectivity index (χ2n) is 6.19. The molecule has 0 fully saturated rings. The van der Waals surface area contributed by atoms with E-state index < -0.39 is 6.04 Å². The fourth-order valence-corrected chi connectivity index (χ4v) is 3.17. The molecule has 0 aliphatic carbocycles. The molecule has 3 N–H and O–H groups in total. The third-order valence-corrected chi connectivity index (χ3v) is 4.45. The van der Waals surface area contributed by atoms with Crippen molar-refractivity contribution in [3.8, 4) is 0 Å². The summed E-state index contributed by atoms with van der Waals surface area (Å²) in [6.07, 6.45) is 0.413. The predicted octanol–water partition coefficient (Wildman–Crippen LogP) is 1.15. The van der Waals surface area contributed by atoms with Gasteiger partial charge in [-0.2, -0.15) is 5.10 Å². The topological polar surface area (TPSA) is 104 Å². The summed E-state index contributed by atoms with van der Waals surface area (Å²) in [5.41, 5.74) is 1.92. The molecule has 0 bridgehead atoms. The number of nitrogens with zero attached hydrogens (tertiary/aromatic N) is 1. The first kappa shape index (κ1) is 16.0. The lowest BCUT2D eigenvalue weighted by Crippen LogP contribution is -2.48. The van der Waals surface area contributed by atoms with Crippen molar-refractivity contribution in [3.63, 3.8) is 0 Å². The molecule has 2 heterocycles. The van der Waals surface area contributed by atoms with Crippen molar-refractivity contribution in [2.75, 3.05) is 5.32 Å². The second-order valence-corrected chi connectivity index (χ2v) is 6.19. The Morgan fingerprint density at radius 3 is 2.65 bits per heavy atom. The molecule has 1 aliphatic rings. The van der Waals surface area contributed by atoms with E-state index in [9.17, 15) is 14.4 Å². The minimum Gasteiger partial charge on any atom is -0.344 e. The fourth-order valence-electron chi connectivity index (χ4n) is 3.17. The standard InChI is InChI=1S/C19H16N4O3/c24-17(10-15-12-6-2-3-7-13(12)18(25)23-22-15)20-16-9-11-5-1-4-8-14(11)21-19(16)26/h1-8,16H,9-10H2,(H,20,24)(H,21,26)(H,23,25). The number of H-pyrrole nitrogens is 1. The molecule has 1 unspecified atom stereocenters. The Morgan fingerprint density at radius 2 is 1.81 bits per heavy atom. The summed E-state index contributed by atoms with van der Waals surface area (Å²) < 4.78 is 0. The first-order valence-corrected chi connectivity index (χ1v) is 8.26. The van der Waals surface area contributed by atoms with Crippen molar-refractivity contribution in [2.24, 2.45) is 0 Å². The summed E-state index contributed by atoms with van der Waals surface area (Å²) >= 11 is 0. The zero-order valence-electron chi connectivity index (χ0n) is 13.8. The van der Waals surface area contributed by atoms with Gasteiger partial charge in [0.05, 0.1) is 17.5 Å². The minimum absolute atomic E-state index is 0.0251. The molecule has 1 aromatic heterocycles. The summed E-state index contributed by atoms with van der Waals surface area (Å²) in [7, 11) is 0. The Bertz CT molecular complexity index is 1070. The van der Waals surface area contributed by atoms with Crippen molar-refractivity contribution in [3.05, 3.63) is 70.1 Å². The zero-order chi connectivity index (χ0) is 18.1. The van der Waals surface area contributed by atoms with Crippen LogP contribution in [0.3, 0.4) is 0 Å². The average molecular weight is 348 g/mol. The van der Waals surface area contributed by atoms with Gasteiger partial charge in [-0.1, -0.05) is 36.4 Å². The van der Waals surface area contributed by atoms with E-state index in [0.717, 1.165) is 11.3 Å². The number of rotatable bonds is 3. The molecular formula is C19H16N4O3. The molecule has 0 radical (unpaired) electrons. The van der Waals surface area contributed by atoms with E-state index in [-0.39, 0.29) is 23.8 Å². The van der Waals surface area contributed by atoms with Crippen molar-refractivity contribution in [1.29, 1.82) is 0 Å². The van der Waals surface area contributed by atoms with Crippen LogP contribution in [-0.2, 0) is 22.4 Å². The van der Waals surface area contributed by atoms with Crippen LogP contribution in [-0.4, -0.2) is 28.1 Å². The number of aromatic nitrogens is 2. The van der Waals surface area contributed by atoms with Crippen molar-refractivity contribution in [2.45, 2.75) is 18.9 Å². The molecule has 2 aromatic carbocycles. The SMILES string of the molecule is O=C(Cc1n[nH]c(=O)c2ccccc12)NC1Cc2ccccc2NC1=O. The number of aromatic amines is 1. The number of fused-ring (bicyclic) bond motifs is 2. The number of hydrogen-bond acceptors (Lipinski definition) is 4. The van der Waals surface area contributed by atoms with Crippen molar-refractivity contribution < 1.29 is 9.59 Å². The summed E-state index contributed by atoms with van der Waals surface area (Å²) in [5, 5.41) is 13.1. The molecule has 1 aliphatic heterocycles. The van der Waals surface area contributed by atoms with Gasteiger partial charge in [0.25, 0.3) is 5.56 Å². The van der Waals surface area contributed by atoms with Gasteiger partial charge in [0, 0.05) is 17.5 Å². The van der Waals surface area contributed by atoms with Gasteiger partial charge in [0.1, 0.15) is 6.04 Å². The van der Waals surface area contributed by atoms with Crippen molar-refractivity contribution in [1.82, 2.24) is 15.5 Å². The molecule has 0 saturated heterocycles. The van der Waals surface area contributed by atoms with Gasteiger partial charge in [-0.05, 0) is 17.7 Å². The predicted molar refractivity (Wildman–Crippen MR) is 96.8 cm³/mol. The largest absolute Gasteiger partial charge is 0.344 e. The van der Waals surface area contributed by atoms with Crippen LogP contribution in [0.15, 0.2) is 53.3 Å². The van der Waals surface area contributed by atoms with E-state index in [1.807, 2.05) is 24.3 Å². The van der Waals surface area contributed by atoms with Crippen LogP contribution in [0.25, 0.3) is 10.8 Å². The monoisotopic (exact) mass is 348 g/mol. The van der Waals surface area contributed by atoms with Gasteiger partial charge in [-0.15, -0.1) is 0 Å². The smallest absolute Gasteiger partial charge is 0.272 e. The molecule has 2 amide bonds. The van der Waals surface area contributed by atoms with E-state index in [0.29, 0.717) is 22.9 Å². The lowest BCUT2D eigenvalue weighted by atomic mass is 9.99. The van der Waals surface area contributed by atoms with Gasteiger partial charge in [-0.25, -0.2) is 5.10 Å². The lowest BCUT2D eigenvalue weighted by Gasteiger charge is -2.25. The molecule has 0 spiro atoms. The highest BCUT2D eigenvalue weighted by atomic mass is 16.2. The Hall–Kier alpha value is -3.48. The van der Waals surface area contributed by atoms with E-state index in [1.54, 1.807) is 24.3 Å². The minimum atomic E-state index is -0.633. The number of benzene rings is 2. The molecule has 7 heteroatoms. The molecule has 3 aromatic rings. The molecule has 4 rings (SSSR count). The van der Waals surface area contributed by atoms with E-state index in [2.05, 4.69) is 20.8 Å². The fraction of sp³-hybridized carbons (Fsp3) is 0.158. The average Bonchev–Trinajstić information content (AvgIpc) is 2.65. The molecule has 1 atom stereocenters. The third kappa shape index (κ3) is 2.95. The lowest BCUT2D eigenvalue weighted by molar-refractivity contribution is -0.126. The van der Waals surface area contributed by atoms with Crippen LogP contribution in [0.4, 0.5) is 5.69 Å². The summed E-state index contributed by atoms with van der Waals surface area (Å²) in [4.78, 5) is 36.5. The number of amides is 2. The maximum absolute atomic E-state index is 12.4. The first-order valence-electron chi connectivity index (χ1n) is 8.26. The Labute approximate surface area is 148 Å². The normalized spacial score (nSPS) is 16.0. The van der Waals surface area contributed by atoms with Crippen LogP contribution in [0.5, 0.6) is 0 Å². The Balaban J connectivity index is 1.53. The zero-order valence-corrected chi connectivity index (χ0v) is 13.8. The first-order chi connectivity index (χ1) is 12.6. The number of carbonyl (C=O) groups excluding carboxylic acids is 2. The third-order valence-electron chi connectivity index (χ3n) is 4.45. The van der Waals surface area contributed by atoms with E-state index in [1.165, 1.54) is 0 Å². The highest BCUT2D eigenvalue weighted by molar-refractivity contribution is 6.00. The summed E-state index contributed by atoms with van der Waals surface area (Å²) in [5.74, 6) is -0.564. The quantitative estimate of drug-likeness (QED) is 0.660. The molecule has 0 saturated carbocycles. The van der Waals surface area contributed by atoms with Gasteiger partial charge >= 0.3 is 0 Å². The molecule has 26 heavy (non-hydrogen) atoms. The number of nitrogens with one attached hydrogen (secondary N) is 3. The number of carbonyl (C=O) groups is 2. The van der Waals surface area contributed by atoms with Gasteiger partial charge in [-0.3, -0.25) is 14.4 Å². The second kappa shape index (κ2) is 6.44. The summed E-state index contributed by atoms with van der Waals surface area (Å²) in [6.45, 7) is 0. The van der Waals surface area contributed by atoms with Crippen LogP contribution in [0, 0.1) is 0 Å². The van der Waals surface area contributed by atoms with Crippen molar-refractivity contribution >= 4 is 28.3 Å². The maximum atomic E-state index is 12.4. The number of anilines is 1. The molecule has 130 valence electrons. The summed E-state index contributed by atoms with van der Waals surface area (Å²) in [6, 6.07) is 13.9. The Morgan fingerprint density at radius 1 is 1.08 bits per heavy atom. The number of para-hydroxylation sites is 1. The number of hydrogen-bond donors (Lipinski definition) is 3. The van der Waals surface area contributed by atoms with Gasteiger partial charge in [0.2, 0.25) is 11.8 Å².